The first-order valence-corrected chi connectivity index (χ1v) is 9.37. The zero-order valence-electron chi connectivity index (χ0n) is 14.6. The summed E-state index contributed by atoms with van der Waals surface area (Å²) in [5.41, 5.74) is 5.61. The van der Waals surface area contributed by atoms with E-state index in [0.29, 0.717) is 16.7 Å². The molecule has 0 radical (unpaired) electrons. The van der Waals surface area contributed by atoms with Gasteiger partial charge in [-0.2, -0.15) is 0 Å². The average molecular weight is 419 g/mol. The Kier molecular flexibility index (Phi) is 6.51. The normalized spacial score (nSPS) is 10.4. The monoisotopic (exact) mass is 418 g/mol. The third-order valence-electron chi connectivity index (χ3n) is 3.48. The van der Waals surface area contributed by atoms with Crippen LogP contribution >= 0.6 is 23.4 Å². The third-order valence-corrected chi connectivity index (χ3v) is 4.53. The van der Waals surface area contributed by atoms with Gasteiger partial charge < -0.3 is 9.15 Å². The van der Waals surface area contributed by atoms with Crippen molar-refractivity contribution in [1.29, 1.82) is 0 Å². The highest BCUT2D eigenvalue weighted by molar-refractivity contribution is 7.99. The molecule has 0 aliphatic carbocycles. The number of amides is 2. The Morgan fingerprint density at radius 2 is 1.93 bits per heavy atom. The summed E-state index contributed by atoms with van der Waals surface area (Å²) >= 11 is 6.95. The van der Waals surface area contributed by atoms with Crippen LogP contribution in [-0.4, -0.2) is 34.9 Å². The fourth-order valence-corrected chi connectivity index (χ4v) is 2.92. The minimum Gasteiger partial charge on any atom is -0.496 e. The van der Waals surface area contributed by atoms with Gasteiger partial charge in [0.25, 0.3) is 11.1 Å². The summed E-state index contributed by atoms with van der Waals surface area (Å²) in [6.45, 7) is 0. The van der Waals surface area contributed by atoms with Gasteiger partial charge in [-0.15, -0.1) is 10.2 Å². The van der Waals surface area contributed by atoms with Crippen molar-refractivity contribution in [2.45, 2.75) is 5.22 Å². The molecular formula is C18H15ClN4O4S. The van der Waals surface area contributed by atoms with Crippen LogP contribution in [0.1, 0.15) is 10.4 Å². The minimum absolute atomic E-state index is 0.0244. The van der Waals surface area contributed by atoms with E-state index in [0.717, 1.165) is 17.3 Å². The average Bonchev–Trinajstić information content (AvgIpc) is 3.20. The smallest absolute Gasteiger partial charge is 0.277 e. The second-order valence-electron chi connectivity index (χ2n) is 5.37. The number of nitrogens with one attached hydrogen (secondary N) is 2. The Bertz CT molecular complexity index is 981. The van der Waals surface area contributed by atoms with E-state index in [4.69, 9.17) is 20.8 Å². The first-order chi connectivity index (χ1) is 13.6. The molecule has 1 aromatic heterocycles. The Hall–Kier alpha value is -3.04. The maximum absolute atomic E-state index is 12.2. The second-order valence-corrected chi connectivity index (χ2v) is 6.74. The molecule has 0 unspecified atom stereocenters. The minimum atomic E-state index is -0.554. The number of aromatic nitrogens is 2. The number of hydrazine groups is 1. The number of carbonyl (C=O) groups excluding carboxylic acids is 2. The maximum atomic E-state index is 12.2. The van der Waals surface area contributed by atoms with E-state index in [-0.39, 0.29) is 16.5 Å². The molecule has 2 N–H and O–H groups in total. The summed E-state index contributed by atoms with van der Waals surface area (Å²) in [5, 5.41) is 8.45. The van der Waals surface area contributed by atoms with Crippen molar-refractivity contribution < 1.29 is 18.7 Å². The van der Waals surface area contributed by atoms with E-state index in [1.165, 1.54) is 13.2 Å². The van der Waals surface area contributed by atoms with Gasteiger partial charge in [0.15, 0.2) is 0 Å². The van der Waals surface area contributed by atoms with Crippen LogP contribution in [0.3, 0.4) is 0 Å². The van der Waals surface area contributed by atoms with Crippen LogP contribution in [0.5, 0.6) is 5.75 Å². The molecule has 0 spiro atoms. The molecule has 2 amide bonds. The van der Waals surface area contributed by atoms with Gasteiger partial charge in [0, 0.05) is 10.6 Å². The van der Waals surface area contributed by atoms with E-state index in [2.05, 4.69) is 21.0 Å². The zero-order valence-corrected chi connectivity index (χ0v) is 16.2. The van der Waals surface area contributed by atoms with Crippen LogP contribution in [0.4, 0.5) is 0 Å². The highest BCUT2D eigenvalue weighted by Crippen LogP contribution is 2.23. The summed E-state index contributed by atoms with van der Waals surface area (Å²) < 4.78 is 10.6. The van der Waals surface area contributed by atoms with Crippen LogP contribution in [-0.2, 0) is 4.79 Å². The van der Waals surface area contributed by atoms with Crippen molar-refractivity contribution in [2.24, 2.45) is 0 Å². The summed E-state index contributed by atoms with van der Waals surface area (Å²) in [6, 6.07) is 13.9. The molecule has 0 atom stereocenters. The molecule has 0 aliphatic heterocycles. The van der Waals surface area contributed by atoms with Gasteiger partial charge in [-0.1, -0.05) is 41.6 Å². The van der Waals surface area contributed by atoms with E-state index in [1.54, 1.807) is 12.1 Å². The van der Waals surface area contributed by atoms with Gasteiger partial charge in [0.1, 0.15) is 5.75 Å². The highest BCUT2D eigenvalue weighted by Gasteiger charge is 2.15. The Morgan fingerprint density at radius 1 is 1.14 bits per heavy atom. The van der Waals surface area contributed by atoms with Crippen molar-refractivity contribution in [3.05, 3.63) is 59.1 Å². The molecular weight excluding hydrogens is 404 g/mol. The van der Waals surface area contributed by atoms with Gasteiger partial charge in [-0.05, 0) is 30.3 Å². The zero-order chi connectivity index (χ0) is 19.9. The van der Waals surface area contributed by atoms with Gasteiger partial charge in [0.05, 0.1) is 18.4 Å². The Labute approximate surface area is 169 Å². The summed E-state index contributed by atoms with van der Waals surface area (Å²) in [7, 11) is 1.43. The fourth-order valence-electron chi connectivity index (χ4n) is 2.18. The summed E-state index contributed by atoms with van der Waals surface area (Å²) in [6.07, 6.45) is 0. The Balaban J connectivity index is 1.51. The van der Waals surface area contributed by atoms with Gasteiger partial charge in [-0.3, -0.25) is 20.4 Å². The molecule has 10 heteroatoms. The lowest BCUT2D eigenvalue weighted by Crippen LogP contribution is -2.42. The topological polar surface area (TPSA) is 106 Å². The molecule has 0 saturated heterocycles. The molecule has 0 aliphatic rings. The maximum Gasteiger partial charge on any atom is 0.277 e. The van der Waals surface area contributed by atoms with Crippen molar-refractivity contribution in [3.8, 4) is 17.2 Å². The molecule has 144 valence electrons. The van der Waals surface area contributed by atoms with Crippen LogP contribution in [0.15, 0.2) is 58.2 Å². The number of ether oxygens (including phenoxy) is 1. The first-order valence-electron chi connectivity index (χ1n) is 8.01. The number of nitrogens with zero attached hydrogens (tertiary/aromatic N) is 2. The SMILES string of the molecule is COc1ccc(Cl)cc1C(=O)NNC(=O)CSc1nnc(-c2ccccc2)o1. The molecule has 8 nitrogen and oxygen atoms in total. The number of thioether (sulfide) groups is 1. The third kappa shape index (κ3) is 5.02. The summed E-state index contributed by atoms with van der Waals surface area (Å²) in [5.74, 6) is -0.320. The predicted molar refractivity (Wildman–Crippen MR) is 104 cm³/mol. The number of methoxy groups -OCH3 is 1. The fraction of sp³-hybridized carbons (Fsp3) is 0.111. The van der Waals surface area contributed by atoms with Crippen LogP contribution in [0.25, 0.3) is 11.5 Å². The largest absolute Gasteiger partial charge is 0.496 e. The number of rotatable bonds is 6. The van der Waals surface area contributed by atoms with E-state index in [1.807, 2.05) is 30.3 Å². The summed E-state index contributed by atoms with van der Waals surface area (Å²) in [4.78, 5) is 24.2. The van der Waals surface area contributed by atoms with Gasteiger partial charge >= 0.3 is 0 Å². The van der Waals surface area contributed by atoms with Gasteiger partial charge in [-0.25, -0.2) is 0 Å². The van der Waals surface area contributed by atoms with Crippen molar-refractivity contribution in [2.75, 3.05) is 12.9 Å². The number of hydrogen-bond acceptors (Lipinski definition) is 7. The molecule has 2 aromatic carbocycles. The number of halogens is 1. The van der Waals surface area contributed by atoms with E-state index < -0.39 is 11.8 Å². The van der Waals surface area contributed by atoms with Crippen molar-refractivity contribution in [1.82, 2.24) is 21.0 Å². The van der Waals surface area contributed by atoms with E-state index >= 15 is 0 Å². The molecule has 0 bridgehead atoms. The quantitative estimate of drug-likeness (QED) is 0.468. The molecule has 28 heavy (non-hydrogen) atoms. The number of carbonyl (C=O) groups is 2. The number of benzene rings is 2. The van der Waals surface area contributed by atoms with Crippen LogP contribution in [0.2, 0.25) is 5.02 Å². The first kappa shape index (κ1) is 19.7. The molecule has 1 heterocycles. The molecule has 0 fully saturated rings. The Morgan fingerprint density at radius 3 is 2.68 bits per heavy atom. The predicted octanol–water partition coefficient (Wildman–Crippen LogP) is 2.95. The van der Waals surface area contributed by atoms with Gasteiger partial charge in [0.2, 0.25) is 11.8 Å². The lowest BCUT2D eigenvalue weighted by atomic mass is 10.2. The van der Waals surface area contributed by atoms with Crippen molar-refractivity contribution in [3.63, 3.8) is 0 Å². The standard InChI is InChI=1S/C18H15ClN4O4S/c1-26-14-8-7-12(19)9-13(14)16(25)21-20-15(24)10-28-18-23-22-17(27-18)11-5-3-2-4-6-11/h2-9H,10H2,1H3,(H,20,24)(H,21,25). The molecule has 3 aromatic rings. The molecule has 0 saturated carbocycles. The van der Waals surface area contributed by atoms with Crippen LogP contribution in [0, 0.1) is 0 Å². The van der Waals surface area contributed by atoms with Crippen LogP contribution < -0.4 is 15.6 Å². The lowest BCUT2D eigenvalue weighted by Gasteiger charge is -2.10. The molecule has 3 rings (SSSR count). The van der Waals surface area contributed by atoms with Crippen molar-refractivity contribution >= 4 is 35.2 Å². The number of hydrogen-bond donors (Lipinski definition) is 2. The second kappa shape index (κ2) is 9.25. The highest BCUT2D eigenvalue weighted by atomic mass is 35.5. The van der Waals surface area contributed by atoms with E-state index in [9.17, 15) is 9.59 Å². The lowest BCUT2D eigenvalue weighted by molar-refractivity contribution is -0.119.